The van der Waals surface area contributed by atoms with Gasteiger partial charge in [0.25, 0.3) is 0 Å². The molecule has 0 fully saturated rings. The van der Waals surface area contributed by atoms with Crippen molar-refractivity contribution < 1.29 is 20.0 Å². The fourth-order valence-corrected chi connectivity index (χ4v) is 1.38. The Bertz CT molecular complexity index is 352. The Morgan fingerprint density at radius 1 is 1.44 bits per heavy atom. The molecule has 5 nitrogen and oxygen atoms in total. The van der Waals surface area contributed by atoms with Crippen LogP contribution in [-0.2, 0) is 11.2 Å². The van der Waals surface area contributed by atoms with Crippen LogP contribution in [0.2, 0.25) is 6.82 Å². The molecule has 1 aromatic carbocycles. The molecule has 1 rings (SSSR count). The van der Waals surface area contributed by atoms with Gasteiger partial charge in [0.1, 0.15) is 11.8 Å². The first-order valence-corrected chi connectivity index (χ1v) is 4.94. The van der Waals surface area contributed by atoms with E-state index in [1.54, 1.807) is 12.1 Å². The van der Waals surface area contributed by atoms with Gasteiger partial charge in [-0.25, -0.2) is 0 Å². The zero-order chi connectivity index (χ0) is 12.1. The predicted molar refractivity (Wildman–Crippen MR) is 60.2 cm³/mol. The van der Waals surface area contributed by atoms with Crippen molar-refractivity contribution in [2.45, 2.75) is 19.3 Å². The summed E-state index contributed by atoms with van der Waals surface area (Å²) in [5, 5.41) is 29.6. The summed E-state index contributed by atoms with van der Waals surface area (Å²) in [6, 6.07) is 5.45. The molecule has 0 saturated carbocycles. The molecule has 1 aromatic rings. The Labute approximate surface area is 93.9 Å². The summed E-state index contributed by atoms with van der Waals surface area (Å²) in [6.45, 7) is 1.47. The van der Waals surface area contributed by atoms with Crippen LogP contribution in [0.5, 0.6) is 5.75 Å². The number of hydrogen-bond donors (Lipinski definition) is 4. The van der Waals surface area contributed by atoms with E-state index in [0.29, 0.717) is 0 Å². The highest BCUT2D eigenvalue weighted by Crippen LogP contribution is 2.11. The van der Waals surface area contributed by atoms with Gasteiger partial charge in [0.2, 0.25) is 0 Å². The van der Waals surface area contributed by atoms with Gasteiger partial charge in [0.05, 0.1) is 0 Å². The van der Waals surface area contributed by atoms with Crippen LogP contribution in [0.1, 0.15) is 5.56 Å². The highest BCUT2D eigenvalue weighted by atomic mass is 16.4. The number of hydrogen-bond acceptors (Lipinski definition) is 4. The van der Waals surface area contributed by atoms with E-state index in [0.717, 1.165) is 5.56 Å². The Morgan fingerprint density at radius 2 is 2.00 bits per heavy atom. The maximum Gasteiger partial charge on any atom is 0.374 e. The zero-order valence-corrected chi connectivity index (χ0v) is 8.92. The van der Waals surface area contributed by atoms with Crippen LogP contribution < -0.4 is 5.23 Å². The molecule has 4 N–H and O–H groups in total. The van der Waals surface area contributed by atoms with Gasteiger partial charge in [-0.1, -0.05) is 12.1 Å². The molecule has 1 unspecified atom stereocenters. The van der Waals surface area contributed by atoms with E-state index in [1.165, 1.54) is 19.0 Å². The summed E-state index contributed by atoms with van der Waals surface area (Å²) in [7, 11) is -0.877. The average molecular weight is 223 g/mol. The number of phenolic OH excluding ortho intramolecular Hbond substituents is 1. The maximum absolute atomic E-state index is 10.9. The normalized spacial score (nSPS) is 12.1. The van der Waals surface area contributed by atoms with Gasteiger partial charge >= 0.3 is 13.0 Å². The van der Waals surface area contributed by atoms with Crippen molar-refractivity contribution in [1.29, 1.82) is 0 Å². The van der Waals surface area contributed by atoms with Gasteiger partial charge in [0, 0.05) is 0 Å². The standard InChI is InChI=1S/C10H14BNO4/c1-11(16)12-9(10(14)15)6-7-2-4-8(13)5-3-7/h2-5,9,12-13,16H,6H2,1H3,(H,14,15). The van der Waals surface area contributed by atoms with Crippen molar-refractivity contribution in [3.63, 3.8) is 0 Å². The summed E-state index contributed by atoms with van der Waals surface area (Å²) < 4.78 is 0. The van der Waals surface area contributed by atoms with E-state index in [-0.39, 0.29) is 12.2 Å². The second-order valence-electron chi connectivity index (χ2n) is 3.60. The molecular formula is C10H14BNO4. The van der Waals surface area contributed by atoms with Gasteiger partial charge in [-0.15, -0.1) is 0 Å². The largest absolute Gasteiger partial charge is 0.508 e. The highest BCUT2D eigenvalue weighted by Gasteiger charge is 2.20. The molecule has 0 aromatic heterocycles. The Kier molecular flexibility index (Phi) is 4.33. The smallest absolute Gasteiger partial charge is 0.374 e. The minimum Gasteiger partial charge on any atom is -0.508 e. The van der Waals surface area contributed by atoms with Crippen molar-refractivity contribution in [3.8, 4) is 5.75 Å². The Balaban J connectivity index is 2.68. The third-order valence-electron chi connectivity index (χ3n) is 2.12. The molecule has 0 radical (unpaired) electrons. The number of aromatic hydroxyl groups is 1. The minimum atomic E-state index is -1.02. The second kappa shape index (κ2) is 5.53. The van der Waals surface area contributed by atoms with Crippen molar-refractivity contribution >= 4 is 13.0 Å². The Hall–Kier alpha value is -1.53. The van der Waals surface area contributed by atoms with Gasteiger partial charge < -0.3 is 20.5 Å². The average Bonchev–Trinajstić information content (AvgIpc) is 2.19. The summed E-state index contributed by atoms with van der Waals surface area (Å²) in [4.78, 5) is 10.9. The van der Waals surface area contributed by atoms with Crippen molar-refractivity contribution in [1.82, 2.24) is 5.23 Å². The van der Waals surface area contributed by atoms with Gasteiger partial charge in [0.15, 0.2) is 0 Å². The van der Waals surface area contributed by atoms with E-state index in [2.05, 4.69) is 5.23 Å². The molecule has 0 aliphatic rings. The van der Waals surface area contributed by atoms with Gasteiger partial charge in [-0.3, -0.25) is 4.79 Å². The molecule has 86 valence electrons. The molecule has 0 aliphatic carbocycles. The molecule has 6 heteroatoms. The maximum atomic E-state index is 10.9. The minimum absolute atomic E-state index is 0.138. The summed E-state index contributed by atoms with van der Waals surface area (Å²) in [5.74, 6) is -0.881. The van der Waals surface area contributed by atoms with E-state index in [1.807, 2.05) is 0 Å². The summed E-state index contributed by atoms with van der Waals surface area (Å²) in [5.41, 5.74) is 0.776. The van der Waals surface area contributed by atoms with Crippen LogP contribution in [0.25, 0.3) is 0 Å². The van der Waals surface area contributed by atoms with Crippen LogP contribution >= 0.6 is 0 Å². The third kappa shape index (κ3) is 3.92. The number of carboxylic acid groups (broad SMARTS) is 1. The number of carboxylic acids is 1. The fourth-order valence-electron chi connectivity index (χ4n) is 1.38. The lowest BCUT2D eigenvalue weighted by molar-refractivity contribution is -0.139. The quantitative estimate of drug-likeness (QED) is 0.531. The van der Waals surface area contributed by atoms with Crippen molar-refractivity contribution in [2.75, 3.05) is 0 Å². The lowest BCUT2D eigenvalue weighted by atomic mass is 9.86. The Morgan fingerprint density at radius 3 is 2.44 bits per heavy atom. The number of phenols is 1. The van der Waals surface area contributed by atoms with Crippen LogP contribution in [0.3, 0.4) is 0 Å². The third-order valence-corrected chi connectivity index (χ3v) is 2.12. The molecular weight excluding hydrogens is 209 g/mol. The number of aliphatic carboxylic acids is 1. The van der Waals surface area contributed by atoms with Crippen molar-refractivity contribution in [2.24, 2.45) is 0 Å². The zero-order valence-electron chi connectivity index (χ0n) is 8.92. The molecule has 1 atom stereocenters. The highest BCUT2D eigenvalue weighted by molar-refractivity contribution is 6.46. The van der Waals surface area contributed by atoms with E-state index in [4.69, 9.17) is 15.2 Å². The van der Waals surface area contributed by atoms with Crippen LogP contribution in [0.4, 0.5) is 0 Å². The van der Waals surface area contributed by atoms with Gasteiger partial charge in [-0.2, -0.15) is 0 Å². The summed E-state index contributed by atoms with van der Waals surface area (Å²) in [6.07, 6.45) is 0.251. The molecule has 0 bridgehead atoms. The van der Waals surface area contributed by atoms with Crippen LogP contribution in [0, 0.1) is 0 Å². The van der Waals surface area contributed by atoms with E-state index < -0.39 is 19.1 Å². The monoisotopic (exact) mass is 223 g/mol. The number of carbonyl (C=O) groups is 1. The first-order valence-electron chi connectivity index (χ1n) is 4.94. The first kappa shape index (κ1) is 12.5. The fraction of sp³-hybridized carbons (Fsp3) is 0.300. The van der Waals surface area contributed by atoms with Gasteiger partial charge in [-0.05, 0) is 30.9 Å². The molecule has 16 heavy (non-hydrogen) atoms. The molecule has 0 saturated heterocycles. The topological polar surface area (TPSA) is 89.8 Å². The molecule has 0 heterocycles. The van der Waals surface area contributed by atoms with Crippen LogP contribution in [-0.4, -0.2) is 34.3 Å². The molecule has 0 aliphatic heterocycles. The van der Waals surface area contributed by atoms with Crippen LogP contribution in [0.15, 0.2) is 24.3 Å². The number of benzene rings is 1. The number of nitrogens with one attached hydrogen (secondary N) is 1. The first-order chi connectivity index (χ1) is 7.49. The number of rotatable bonds is 5. The molecule has 0 amide bonds. The molecule has 0 spiro atoms. The lowest BCUT2D eigenvalue weighted by Gasteiger charge is -2.14. The predicted octanol–water partition coefficient (Wildman–Crippen LogP) is 0.0878. The van der Waals surface area contributed by atoms with E-state index >= 15 is 0 Å². The van der Waals surface area contributed by atoms with E-state index in [9.17, 15) is 4.79 Å². The lowest BCUT2D eigenvalue weighted by Crippen LogP contribution is -2.46. The van der Waals surface area contributed by atoms with Crippen molar-refractivity contribution in [3.05, 3.63) is 29.8 Å². The second-order valence-corrected chi connectivity index (χ2v) is 3.60. The SMILES string of the molecule is CB(O)NC(Cc1ccc(O)cc1)C(=O)O. The summed E-state index contributed by atoms with van der Waals surface area (Å²) >= 11 is 0.